The third-order valence-corrected chi connectivity index (χ3v) is 4.55. The van der Waals surface area contributed by atoms with Crippen molar-refractivity contribution < 1.29 is 320 Å². The number of alkyl halides is 6. The fraction of sp³-hybridized carbons (Fsp3) is 0.837. The van der Waals surface area contributed by atoms with Crippen LogP contribution in [0.2, 0.25) is 52.4 Å². The fourth-order valence-corrected chi connectivity index (χ4v) is 1.79. The number of carbonyl (C=O) groups excluding carboxylic acids is 1. The summed E-state index contributed by atoms with van der Waals surface area (Å²) in [7, 11) is 5.68. The number of halogens is 6. The second-order valence-electron chi connectivity index (χ2n) is 15.3. The number of carbonyl (C=O) groups is 1. The zero-order chi connectivity index (χ0) is 50.9. The van der Waals surface area contributed by atoms with Crippen LogP contribution in [0.15, 0.2) is 24.3 Å². The SMILES string of the molecule is C.C.C.C.C.C.C.C.CC.CC(C)(C(F)(F)F)C(F)(F)F.CC(C)(C)C.CC(C)=O.CCC.COC.COc1ccc(OC)cc1.CS(C)(=O)=O.C[CH-]C.C[Si](C)(C)C.C[Si]C.C[Si]O[Si]C.[Y].[Y].[Y].[Y].[Y].[Y].[Y].[Y]. The Morgan fingerprint density at radius 3 is 0.680 bits per heavy atom. The first kappa shape index (κ1) is 178. The summed E-state index contributed by atoms with van der Waals surface area (Å²) >= 11 is 0. The van der Waals surface area contributed by atoms with Gasteiger partial charge in [-0.15, -0.1) is 0 Å². The van der Waals surface area contributed by atoms with E-state index in [-0.39, 0.29) is 341 Å². The van der Waals surface area contributed by atoms with Gasteiger partial charge in [0.1, 0.15) is 27.1 Å². The molecule has 0 amide bonds. The molecular formula is C49H123F6O7SSi4Y8-. The van der Waals surface area contributed by atoms with Crippen LogP contribution in [0.5, 0.6) is 11.5 Å². The summed E-state index contributed by atoms with van der Waals surface area (Å²) in [4.78, 5) is 9.44. The first-order valence-corrected chi connectivity index (χ1v) is 29.9. The van der Waals surface area contributed by atoms with Crippen LogP contribution in [0, 0.1) is 17.3 Å². The quantitative estimate of drug-likeness (QED) is 0.169. The van der Waals surface area contributed by atoms with Crippen LogP contribution in [0.1, 0.15) is 163 Å². The maximum atomic E-state index is 11.6. The molecule has 450 valence electrons. The molecule has 0 bridgehead atoms. The molecule has 0 atom stereocenters. The Kier molecular flexibility index (Phi) is 292. The van der Waals surface area contributed by atoms with Crippen molar-refractivity contribution in [3.63, 3.8) is 0 Å². The number of methoxy groups -OCH3 is 3. The predicted octanol–water partition coefficient (Wildman–Crippen LogP) is 19.2. The number of hydrogen-bond donors (Lipinski definition) is 0. The number of ketones is 1. The van der Waals surface area contributed by atoms with Gasteiger partial charge in [-0.2, -0.15) is 40.2 Å². The summed E-state index contributed by atoms with van der Waals surface area (Å²) in [5.74, 6) is 1.86. The second-order valence-corrected chi connectivity index (χ2v) is 26.2. The molecule has 0 unspecified atom stereocenters. The number of ether oxygens (including phenoxy) is 3. The van der Waals surface area contributed by atoms with Gasteiger partial charge in [-0.25, -0.2) is 8.42 Å². The number of rotatable bonds is 4. The topological polar surface area (TPSA) is 88.1 Å². The third-order valence-electron chi connectivity index (χ3n) is 2.92. The Hall–Kier alpha value is 7.64. The number of sulfone groups is 1. The molecule has 0 aliphatic heterocycles. The number of hydrogen-bond acceptors (Lipinski definition) is 7. The molecule has 7 nitrogen and oxygen atoms in total. The van der Waals surface area contributed by atoms with E-state index in [4.69, 9.17) is 13.6 Å². The molecule has 1 rings (SSSR count). The summed E-state index contributed by atoms with van der Waals surface area (Å²) in [6.07, 6.45) is -4.92. The van der Waals surface area contributed by atoms with Gasteiger partial charge in [-0.05, 0) is 70.5 Å². The minimum atomic E-state index is -5.24. The van der Waals surface area contributed by atoms with Crippen molar-refractivity contribution in [3.05, 3.63) is 30.7 Å². The molecule has 0 saturated carbocycles. The Balaban J connectivity index is -0.0000000136. The van der Waals surface area contributed by atoms with Crippen molar-refractivity contribution in [2.45, 2.75) is 227 Å². The summed E-state index contributed by atoms with van der Waals surface area (Å²) in [5, 5.41) is 0. The van der Waals surface area contributed by atoms with E-state index in [1.165, 1.54) is 20.3 Å². The average Bonchev–Trinajstić information content (AvgIpc) is 3.01. The minimum absolute atomic E-state index is 0. The van der Waals surface area contributed by atoms with Crippen LogP contribution in [0.4, 0.5) is 26.3 Å². The van der Waals surface area contributed by atoms with E-state index in [1.54, 1.807) is 28.4 Å². The maximum Gasteiger partial charge on any atom is 0.402 e. The van der Waals surface area contributed by atoms with Gasteiger partial charge in [-0.1, -0.05) is 161 Å². The minimum Gasteiger partial charge on any atom is -0.497 e. The summed E-state index contributed by atoms with van der Waals surface area (Å²) < 4.78 is 108. The second kappa shape index (κ2) is 123. The molecule has 0 fully saturated rings. The van der Waals surface area contributed by atoms with Crippen LogP contribution < -0.4 is 9.47 Å². The number of benzene rings is 1. The molecule has 1 aromatic rings. The van der Waals surface area contributed by atoms with Crippen molar-refractivity contribution in [1.29, 1.82) is 0 Å². The van der Waals surface area contributed by atoms with Crippen LogP contribution in [-0.4, -0.2) is 105 Å². The maximum absolute atomic E-state index is 11.6. The molecule has 0 aliphatic carbocycles. The molecule has 0 aliphatic rings. The van der Waals surface area contributed by atoms with Gasteiger partial charge < -0.3 is 29.5 Å². The molecule has 75 heavy (non-hydrogen) atoms. The van der Waals surface area contributed by atoms with Gasteiger partial charge in [0.25, 0.3) is 0 Å². The van der Waals surface area contributed by atoms with E-state index in [0.29, 0.717) is 24.9 Å². The first-order valence-electron chi connectivity index (χ1n) is 18.8. The zero-order valence-electron chi connectivity index (χ0n) is 47.2. The van der Waals surface area contributed by atoms with E-state index >= 15 is 0 Å². The summed E-state index contributed by atoms with van der Waals surface area (Å²) in [6.45, 7) is 41.9. The zero-order valence-corrected chi connectivity index (χ0v) is 74.8. The van der Waals surface area contributed by atoms with Gasteiger partial charge >= 0.3 is 12.4 Å². The molecular weight excluding hydrogens is 1670 g/mol. The number of Topliss-reactive ketones (excluding diaryl/α,β-unsaturated/α-hetero) is 1. The van der Waals surface area contributed by atoms with Gasteiger partial charge in [0, 0.05) is 306 Å². The normalized spacial score (nSPS) is 7.76. The van der Waals surface area contributed by atoms with E-state index in [0.717, 1.165) is 33.5 Å². The molecule has 0 aromatic heterocycles. The molecule has 1 aromatic carbocycles. The van der Waals surface area contributed by atoms with Crippen molar-refractivity contribution in [1.82, 2.24) is 0 Å². The van der Waals surface area contributed by atoms with E-state index in [1.807, 2.05) is 71.5 Å². The van der Waals surface area contributed by atoms with Crippen molar-refractivity contribution in [2.75, 3.05) is 41.0 Å². The Labute approximate surface area is 681 Å². The molecule has 0 heterocycles. The monoisotopic (exact) mass is 1790 g/mol. The largest absolute Gasteiger partial charge is 0.497 e. The van der Waals surface area contributed by atoms with Crippen LogP contribution in [-0.2, 0) is 285 Å². The fourth-order valence-electron chi connectivity index (χ4n) is 0.975. The molecule has 0 saturated heterocycles. The van der Waals surface area contributed by atoms with Crippen LogP contribution >= 0.6 is 0 Å². The van der Waals surface area contributed by atoms with Crippen molar-refractivity contribution in [2.24, 2.45) is 10.8 Å². The summed E-state index contributed by atoms with van der Waals surface area (Å²) in [6, 6.07) is 7.44. The van der Waals surface area contributed by atoms with Gasteiger partial charge in [0.2, 0.25) is 19.5 Å². The first-order chi connectivity index (χ1) is 26.2. The summed E-state index contributed by atoms with van der Waals surface area (Å²) in [5.41, 5.74) is -3.12. The van der Waals surface area contributed by atoms with Crippen LogP contribution in [0.3, 0.4) is 0 Å². The van der Waals surface area contributed by atoms with Gasteiger partial charge in [-0.3, -0.25) is 0 Å². The van der Waals surface area contributed by atoms with Crippen molar-refractivity contribution >= 4 is 52.7 Å². The van der Waals surface area contributed by atoms with E-state index in [9.17, 15) is 39.6 Å². The smallest absolute Gasteiger partial charge is 0.402 e. The van der Waals surface area contributed by atoms with E-state index in [2.05, 4.69) is 85.6 Å². The van der Waals surface area contributed by atoms with Gasteiger partial charge in [0.05, 0.1) is 14.2 Å². The Bertz CT molecular complexity index is 973. The standard InChI is InChI=1S/C8H10O2.C5H6F6.C5H12.C4H12Si.C3H6O.C3H8.C3H7.C2H6O2S.C2H6OSi2.C2H6O.C2H6Si.C2H6.8CH4.8Y/c1-9-7-3-5-8(10-2)6-4-7;1-3(2,4(6,7)8)5(9,10)11;2*1-5(2,3)4;1-3(2)4;2*1-3-2;1-5(2,3)4;1-4-3-5-2;2*1-3-2;1-2;;;;;;;;;;;;;;;;/h3-6H,1-2H3;1-2H3;2*1-4H3;1-2H3;3H2,1-2H3;3H,1-2H3;2*1-2H3;2*1-2H3;1-2H3;8*1H4;;;;;;;;/q;;;;;;-1;;;;;;;;;;;;;;;;;;;;;. The molecule has 26 heteroatoms. The molecule has 0 spiro atoms. The average molecular weight is 1790 g/mol. The van der Waals surface area contributed by atoms with Crippen LogP contribution in [0.25, 0.3) is 0 Å². The van der Waals surface area contributed by atoms with Crippen molar-refractivity contribution in [3.8, 4) is 11.5 Å². The molecule has 0 N–H and O–H groups in total. The Morgan fingerprint density at radius 2 is 0.653 bits per heavy atom. The third kappa shape index (κ3) is 299. The van der Waals surface area contributed by atoms with E-state index < -0.39 is 35.7 Å². The Morgan fingerprint density at radius 1 is 0.560 bits per heavy atom. The predicted molar refractivity (Wildman–Crippen MR) is 308 cm³/mol. The molecule has 14 radical (unpaired) electrons. The van der Waals surface area contributed by atoms with Gasteiger partial charge in [0.15, 0.2) is 5.41 Å².